The molecule has 0 radical (unpaired) electrons. The van der Waals surface area contributed by atoms with Crippen molar-refractivity contribution in [2.75, 3.05) is 198 Å². The molecule has 2 rings (SSSR count). The number of aliphatic hydroxyl groups is 4. The SMILES string of the molecule is CC(=O)OC[C@H](COP(=O)(O)OCCNC(=O)CCOCCOCCOCCOCCOCCOCCOCCOCCOCCOCCOCCOCCn1cc(CCCCCOC2O[C@H](CO)[C@H](O)[C@H](O)[C@H]2O)nn1)OC(C)=O. The summed E-state index contributed by atoms with van der Waals surface area (Å²) in [7, 11) is -4.53. The van der Waals surface area contributed by atoms with E-state index in [0.717, 1.165) is 38.8 Å². The van der Waals surface area contributed by atoms with E-state index < -0.39 is 69.8 Å². The second kappa shape index (κ2) is 50.3. The summed E-state index contributed by atoms with van der Waals surface area (Å²) in [5, 5.41) is 49.9. The van der Waals surface area contributed by atoms with Gasteiger partial charge < -0.3 is 106 Å². The molecule has 81 heavy (non-hydrogen) atoms. The molecule has 1 saturated heterocycles. The number of aromatic nitrogens is 3. The summed E-state index contributed by atoms with van der Waals surface area (Å²) in [5.41, 5.74) is 0.870. The van der Waals surface area contributed by atoms with Crippen LogP contribution in [0.5, 0.6) is 0 Å². The monoisotopic (exact) mass is 1200 g/mol. The van der Waals surface area contributed by atoms with Crippen LogP contribution in [0.25, 0.3) is 0 Å². The Hall–Kier alpha value is -3.06. The Morgan fingerprint density at radius 3 is 1.52 bits per heavy atom. The van der Waals surface area contributed by atoms with E-state index in [4.69, 9.17) is 84.8 Å². The third kappa shape index (κ3) is 42.4. The maximum Gasteiger partial charge on any atom is 0.472 e. The Bertz CT molecular complexity index is 1730. The molecule has 1 aromatic rings. The summed E-state index contributed by atoms with van der Waals surface area (Å²) in [4.78, 5) is 43.9. The highest BCUT2D eigenvalue weighted by Crippen LogP contribution is 2.43. The fraction of sp³-hybridized carbons (Fsp3) is 0.898. The van der Waals surface area contributed by atoms with Gasteiger partial charge in [-0.3, -0.25) is 23.4 Å². The third-order valence-corrected chi connectivity index (χ3v) is 11.7. The highest BCUT2D eigenvalue weighted by atomic mass is 31.2. The van der Waals surface area contributed by atoms with Gasteiger partial charge in [0.2, 0.25) is 5.91 Å². The Morgan fingerprint density at radius 1 is 0.593 bits per heavy atom. The van der Waals surface area contributed by atoms with E-state index in [1.54, 1.807) is 4.68 Å². The van der Waals surface area contributed by atoms with E-state index in [9.17, 15) is 44.3 Å². The fourth-order valence-corrected chi connectivity index (χ4v) is 7.36. The summed E-state index contributed by atoms with van der Waals surface area (Å²) >= 11 is 0. The van der Waals surface area contributed by atoms with Crippen molar-refractivity contribution in [3.8, 4) is 0 Å². The number of ether oxygens (including phenoxy) is 16. The number of aliphatic hydroxyl groups excluding tert-OH is 4. The van der Waals surface area contributed by atoms with E-state index >= 15 is 0 Å². The number of phosphoric acid groups is 1. The fourth-order valence-electron chi connectivity index (χ4n) is 6.61. The standard InChI is InChI=1S/C49H91N4O27P/c1-40(55)76-38-43(79-41(2)56)39-78-81(61,62)77-12-8-50-45(57)7-11-63-14-16-65-18-20-67-22-24-69-26-28-71-30-32-73-34-35-74-33-31-72-29-27-70-25-23-68-21-19-66-17-15-64-13-9-53-36-42(51-52-53)6-4-3-5-10-75-49-48(60)47(59)46(58)44(37-54)80-49/h36,43-44,46-49,54,58-60H,3-35,37-39H2,1-2H3,(H,50,57)(H,61,62)/t43-,44-,46+,47+,48-,49?/m1/s1. The molecule has 1 fully saturated rings. The third-order valence-electron chi connectivity index (χ3n) is 10.7. The summed E-state index contributed by atoms with van der Waals surface area (Å²) in [6.07, 6.45) is -2.40. The first-order valence-corrected chi connectivity index (χ1v) is 28.7. The number of phosphoric ester groups is 1. The zero-order valence-electron chi connectivity index (χ0n) is 47.0. The lowest BCUT2D eigenvalue weighted by Crippen LogP contribution is -2.59. The summed E-state index contributed by atoms with van der Waals surface area (Å²) in [5.74, 6) is -1.69. The molecule has 1 amide bonds. The van der Waals surface area contributed by atoms with Crippen LogP contribution < -0.4 is 5.32 Å². The Kier molecular flexibility index (Phi) is 46.0. The van der Waals surface area contributed by atoms with Crippen molar-refractivity contribution < 1.29 is 129 Å². The number of hydrogen-bond acceptors (Lipinski definition) is 28. The molecular weight excluding hydrogens is 1110 g/mol. The molecule has 1 aliphatic heterocycles. The molecule has 6 N–H and O–H groups in total. The summed E-state index contributed by atoms with van der Waals surface area (Å²) in [6, 6.07) is 0. The van der Waals surface area contributed by atoms with Crippen molar-refractivity contribution in [2.45, 2.75) is 89.3 Å². The van der Waals surface area contributed by atoms with Crippen LogP contribution >= 0.6 is 7.82 Å². The van der Waals surface area contributed by atoms with Crippen molar-refractivity contribution in [2.24, 2.45) is 0 Å². The Labute approximate surface area is 473 Å². The summed E-state index contributed by atoms with van der Waals surface area (Å²) in [6.45, 7) is 11.2. The van der Waals surface area contributed by atoms with Gasteiger partial charge in [-0.25, -0.2) is 9.25 Å². The normalized spacial score (nSPS) is 18.4. The minimum atomic E-state index is -4.53. The minimum Gasteiger partial charge on any atom is -0.462 e. The highest BCUT2D eigenvalue weighted by Gasteiger charge is 2.44. The number of carbonyl (C=O) groups excluding carboxylic acids is 3. The number of carbonyl (C=O) groups is 3. The van der Waals surface area contributed by atoms with Crippen molar-refractivity contribution >= 4 is 25.7 Å². The van der Waals surface area contributed by atoms with Crippen LogP contribution in [0.2, 0.25) is 0 Å². The number of hydrogen-bond donors (Lipinski definition) is 6. The number of unbranched alkanes of at least 4 members (excludes halogenated alkanes) is 2. The van der Waals surface area contributed by atoms with Crippen molar-refractivity contribution in [1.82, 2.24) is 20.3 Å². The zero-order chi connectivity index (χ0) is 58.9. The number of rotatable bonds is 57. The van der Waals surface area contributed by atoms with E-state index in [-0.39, 0.29) is 51.9 Å². The molecule has 2 heterocycles. The maximum absolute atomic E-state index is 12.0. The molecule has 31 nitrogen and oxygen atoms in total. The summed E-state index contributed by atoms with van der Waals surface area (Å²) < 4.78 is 110. The number of nitrogens with one attached hydrogen (secondary N) is 1. The molecular formula is C49H91N4O27P. The van der Waals surface area contributed by atoms with Gasteiger partial charge in [-0.2, -0.15) is 0 Å². The molecule has 7 atom stereocenters. The van der Waals surface area contributed by atoms with Crippen LogP contribution in [0, 0.1) is 0 Å². The van der Waals surface area contributed by atoms with E-state index in [0.29, 0.717) is 158 Å². The molecule has 2 unspecified atom stereocenters. The average Bonchev–Trinajstić information content (AvgIpc) is 3.91. The second-order valence-electron chi connectivity index (χ2n) is 17.4. The number of amides is 1. The van der Waals surface area contributed by atoms with Gasteiger partial charge in [0.25, 0.3) is 0 Å². The van der Waals surface area contributed by atoms with E-state index in [1.807, 2.05) is 6.20 Å². The predicted molar refractivity (Wildman–Crippen MR) is 279 cm³/mol. The number of nitrogens with zero attached hydrogens (tertiary/aromatic N) is 3. The lowest BCUT2D eigenvalue weighted by Gasteiger charge is -2.39. The molecule has 474 valence electrons. The quantitative estimate of drug-likeness (QED) is 0.0237. The average molecular weight is 1200 g/mol. The molecule has 0 saturated carbocycles. The first kappa shape index (κ1) is 74.0. The van der Waals surface area contributed by atoms with Crippen molar-refractivity contribution in [1.29, 1.82) is 0 Å². The van der Waals surface area contributed by atoms with Gasteiger partial charge in [0, 0.05) is 39.6 Å². The maximum atomic E-state index is 12.0. The van der Waals surface area contributed by atoms with Gasteiger partial charge in [0.15, 0.2) is 12.4 Å². The minimum absolute atomic E-state index is 0.0516. The largest absolute Gasteiger partial charge is 0.472 e. The first-order valence-electron chi connectivity index (χ1n) is 27.2. The van der Waals surface area contributed by atoms with Gasteiger partial charge in [0.05, 0.1) is 191 Å². The van der Waals surface area contributed by atoms with Gasteiger partial charge >= 0.3 is 19.8 Å². The number of esters is 2. The van der Waals surface area contributed by atoms with E-state index in [1.165, 1.54) is 0 Å². The Balaban J connectivity index is 1.20. The topological polar surface area (TPSA) is 378 Å². The van der Waals surface area contributed by atoms with Gasteiger partial charge in [-0.05, 0) is 19.3 Å². The van der Waals surface area contributed by atoms with Crippen LogP contribution in [0.4, 0.5) is 0 Å². The molecule has 0 aromatic carbocycles. The predicted octanol–water partition coefficient (Wildman–Crippen LogP) is -1.86. The molecule has 0 bridgehead atoms. The second-order valence-corrected chi connectivity index (χ2v) is 18.9. The van der Waals surface area contributed by atoms with Crippen LogP contribution in [-0.2, 0) is 117 Å². The van der Waals surface area contributed by atoms with Crippen molar-refractivity contribution in [3.63, 3.8) is 0 Å². The molecule has 0 aliphatic carbocycles. The van der Waals surface area contributed by atoms with Gasteiger partial charge in [-0.1, -0.05) is 11.6 Å². The van der Waals surface area contributed by atoms with Crippen LogP contribution in [0.15, 0.2) is 6.20 Å². The van der Waals surface area contributed by atoms with Crippen molar-refractivity contribution in [3.05, 3.63) is 11.9 Å². The highest BCUT2D eigenvalue weighted by molar-refractivity contribution is 7.47. The number of aryl methyl sites for hydroxylation is 1. The lowest BCUT2D eigenvalue weighted by molar-refractivity contribution is -0.301. The van der Waals surface area contributed by atoms with Crippen LogP contribution in [-0.4, -0.2) is 293 Å². The van der Waals surface area contributed by atoms with Crippen LogP contribution in [0.1, 0.15) is 45.2 Å². The molecule has 1 aliphatic rings. The van der Waals surface area contributed by atoms with Crippen LogP contribution in [0.3, 0.4) is 0 Å². The molecule has 0 spiro atoms. The van der Waals surface area contributed by atoms with Gasteiger partial charge in [-0.15, -0.1) is 5.10 Å². The molecule has 1 aromatic heterocycles. The first-order chi connectivity index (χ1) is 39.3. The Morgan fingerprint density at radius 2 is 1.06 bits per heavy atom. The lowest BCUT2D eigenvalue weighted by atomic mass is 9.99. The van der Waals surface area contributed by atoms with E-state index in [2.05, 4.69) is 15.6 Å². The zero-order valence-corrected chi connectivity index (χ0v) is 47.9. The van der Waals surface area contributed by atoms with Gasteiger partial charge in [0.1, 0.15) is 31.0 Å². The molecule has 32 heteroatoms. The smallest absolute Gasteiger partial charge is 0.462 e.